The van der Waals surface area contributed by atoms with E-state index >= 15 is 0 Å². The number of piperazine rings is 1. The molecule has 0 unspecified atom stereocenters. The normalized spacial score (nSPS) is 17.2. The summed E-state index contributed by atoms with van der Waals surface area (Å²) in [6.45, 7) is 11.1. The zero-order valence-electron chi connectivity index (χ0n) is 13.6. The highest BCUT2D eigenvalue weighted by molar-refractivity contribution is 5.78. The Morgan fingerprint density at radius 1 is 1.33 bits per heavy atom. The SMILES string of the molecule is CN1CCN(C(=O)CNCc2cn[nH]c2C(C)(C)C)CC1. The molecular weight excluding hydrogens is 266 g/mol. The highest BCUT2D eigenvalue weighted by atomic mass is 16.2. The molecule has 2 heterocycles. The Balaban J connectivity index is 1.79. The van der Waals surface area contributed by atoms with E-state index in [-0.39, 0.29) is 11.3 Å². The number of carbonyl (C=O) groups is 1. The van der Waals surface area contributed by atoms with Gasteiger partial charge in [0.25, 0.3) is 0 Å². The molecule has 1 saturated heterocycles. The Hall–Kier alpha value is -1.40. The molecule has 1 aromatic heterocycles. The van der Waals surface area contributed by atoms with Gasteiger partial charge in [-0.05, 0) is 7.05 Å². The lowest BCUT2D eigenvalue weighted by atomic mass is 9.89. The Bertz CT molecular complexity index is 469. The first-order valence-corrected chi connectivity index (χ1v) is 7.57. The van der Waals surface area contributed by atoms with Gasteiger partial charge in [0.2, 0.25) is 5.91 Å². The maximum Gasteiger partial charge on any atom is 0.236 e. The number of amides is 1. The van der Waals surface area contributed by atoms with Crippen molar-refractivity contribution in [3.8, 4) is 0 Å². The zero-order chi connectivity index (χ0) is 15.5. The van der Waals surface area contributed by atoms with Crippen LogP contribution in [-0.4, -0.2) is 65.7 Å². The lowest BCUT2D eigenvalue weighted by Gasteiger charge is -2.32. The second-order valence-electron chi connectivity index (χ2n) is 6.81. The van der Waals surface area contributed by atoms with E-state index < -0.39 is 0 Å². The van der Waals surface area contributed by atoms with Crippen molar-refractivity contribution in [1.29, 1.82) is 0 Å². The quantitative estimate of drug-likeness (QED) is 0.852. The number of H-pyrrole nitrogens is 1. The highest BCUT2D eigenvalue weighted by Crippen LogP contribution is 2.23. The van der Waals surface area contributed by atoms with Crippen molar-refractivity contribution >= 4 is 5.91 Å². The molecule has 0 radical (unpaired) electrons. The Morgan fingerprint density at radius 3 is 2.62 bits per heavy atom. The smallest absolute Gasteiger partial charge is 0.236 e. The van der Waals surface area contributed by atoms with Gasteiger partial charge in [-0.25, -0.2) is 0 Å². The predicted molar refractivity (Wildman–Crippen MR) is 83.1 cm³/mol. The molecule has 1 aliphatic heterocycles. The summed E-state index contributed by atoms with van der Waals surface area (Å²) in [6.07, 6.45) is 1.84. The number of hydrogen-bond acceptors (Lipinski definition) is 4. The average molecular weight is 293 g/mol. The number of rotatable bonds is 4. The van der Waals surface area contributed by atoms with Gasteiger partial charge in [-0.15, -0.1) is 0 Å². The molecule has 0 spiro atoms. The van der Waals surface area contributed by atoms with Gasteiger partial charge in [0, 0.05) is 49.4 Å². The Morgan fingerprint density at radius 2 is 2.00 bits per heavy atom. The first-order chi connectivity index (χ1) is 9.88. The second kappa shape index (κ2) is 6.58. The predicted octanol–water partition coefficient (Wildman–Crippen LogP) is 0.571. The van der Waals surface area contributed by atoms with E-state index in [4.69, 9.17) is 0 Å². The van der Waals surface area contributed by atoms with Crippen molar-refractivity contribution in [2.24, 2.45) is 0 Å². The molecule has 1 aliphatic rings. The number of aromatic amines is 1. The summed E-state index contributed by atoms with van der Waals surface area (Å²) >= 11 is 0. The monoisotopic (exact) mass is 293 g/mol. The van der Waals surface area contributed by atoms with Gasteiger partial charge in [0.1, 0.15) is 0 Å². The molecule has 118 valence electrons. The largest absolute Gasteiger partial charge is 0.339 e. The average Bonchev–Trinajstić information content (AvgIpc) is 2.88. The minimum Gasteiger partial charge on any atom is -0.339 e. The molecule has 2 N–H and O–H groups in total. The molecule has 6 heteroatoms. The van der Waals surface area contributed by atoms with Crippen LogP contribution in [0.5, 0.6) is 0 Å². The number of carbonyl (C=O) groups excluding carboxylic acids is 1. The van der Waals surface area contributed by atoms with Gasteiger partial charge >= 0.3 is 0 Å². The molecule has 0 aliphatic carbocycles. The van der Waals surface area contributed by atoms with E-state index in [1.807, 2.05) is 11.1 Å². The summed E-state index contributed by atoms with van der Waals surface area (Å²) in [7, 11) is 2.09. The van der Waals surface area contributed by atoms with Gasteiger partial charge in [-0.2, -0.15) is 5.10 Å². The van der Waals surface area contributed by atoms with Crippen molar-refractivity contribution in [3.05, 3.63) is 17.5 Å². The molecule has 2 rings (SSSR count). The first-order valence-electron chi connectivity index (χ1n) is 7.57. The van der Waals surface area contributed by atoms with E-state index in [1.54, 1.807) is 0 Å². The lowest BCUT2D eigenvalue weighted by Crippen LogP contribution is -2.49. The summed E-state index contributed by atoms with van der Waals surface area (Å²) in [4.78, 5) is 16.3. The number of hydrogen-bond donors (Lipinski definition) is 2. The van der Waals surface area contributed by atoms with Crippen LogP contribution < -0.4 is 5.32 Å². The zero-order valence-corrected chi connectivity index (χ0v) is 13.6. The van der Waals surface area contributed by atoms with E-state index in [9.17, 15) is 4.79 Å². The standard InChI is InChI=1S/C15H27N5O/c1-15(2,3)14-12(10-17-18-14)9-16-11-13(21)20-7-5-19(4)6-8-20/h10,16H,5-9,11H2,1-4H3,(H,17,18). The number of nitrogens with zero attached hydrogens (tertiary/aromatic N) is 3. The summed E-state index contributed by atoms with van der Waals surface area (Å²) < 4.78 is 0. The van der Waals surface area contributed by atoms with E-state index in [2.05, 4.69) is 48.2 Å². The molecule has 6 nitrogen and oxygen atoms in total. The minimum atomic E-state index is 0.0367. The number of nitrogens with one attached hydrogen (secondary N) is 2. The third-order valence-corrected chi connectivity index (χ3v) is 3.92. The Kier molecular flexibility index (Phi) is 5.00. The van der Waals surface area contributed by atoms with Gasteiger partial charge in [-0.1, -0.05) is 20.8 Å². The molecule has 0 atom stereocenters. The summed E-state index contributed by atoms with van der Waals surface area (Å²) in [5.41, 5.74) is 2.30. The summed E-state index contributed by atoms with van der Waals surface area (Å²) in [5.74, 6) is 0.184. The van der Waals surface area contributed by atoms with Crippen LogP contribution in [0.3, 0.4) is 0 Å². The van der Waals surface area contributed by atoms with Crippen molar-refractivity contribution in [2.75, 3.05) is 39.8 Å². The summed E-state index contributed by atoms with van der Waals surface area (Å²) in [5, 5.41) is 10.4. The van der Waals surface area contributed by atoms with Crippen LogP contribution in [0.4, 0.5) is 0 Å². The molecular formula is C15H27N5O. The van der Waals surface area contributed by atoms with Crippen LogP contribution in [0, 0.1) is 0 Å². The molecule has 0 bridgehead atoms. The van der Waals surface area contributed by atoms with E-state index in [0.717, 1.165) is 37.4 Å². The second-order valence-corrected chi connectivity index (χ2v) is 6.81. The number of aromatic nitrogens is 2. The summed E-state index contributed by atoms with van der Waals surface area (Å²) in [6, 6.07) is 0. The fourth-order valence-corrected chi connectivity index (χ4v) is 2.57. The molecule has 1 fully saturated rings. The third-order valence-electron chi connectivity index (χ3n) is 3.92. The minimum absolute atomic E-state index is 0.0367. The first kappa shape index (κ1) is 16.0. The van der Waals surface area contributed by atoms with Gasteiger partial charge in [0.05, 0.1) is 12.7 Å². The van der Waals surface area contributed by atoms with Gasteiger partial charge < -0.3 is 15.1 Å². The van der Waals surface area contributed by atoms with E-state index in [1.165, 1.54) is 0 Å². The van der Waals surface area contributed by atoms with Crippen molar-refractivity contribution in [1.82, 2.24) is 25.3 Å². The van der Waals surface area contributed by atoms with Crippen LogP contribution in [0.2, 0.25) is 0 Å². The van der Waals surface area contributed by atoms with Crippen LogP contribution in [0.25, 0.3) is 0 Å². The van der Waals surface area contributed by atoms with Crippen LogP contribution in [-0.2, 0) is 16.8 Å². The molecule has 21 heavy (non-hydrogen) atoms. The van der Waals surface area contributed by atoms with Crippen LogP contribution in [0.15, 0.2) is 6.20 Å². The highest BCUT2D eigenvalue weighted by Gasteiger charge is 2.21. The maximum atomic E-state index is 12.1. The van der Waals surface area contributed by atoms with Crippen molar-refractivity contribution in [2.45, 2.75) is 32.7 Å². The van der Waals surface area contributed by atoms with Crippen molar-refractivity contribution in [3.63, 3.8) is 0 Å². The van der Waals surface area contributed by atoms with Gasteiger partial charge in [0.15, 0.2) is 0 Å². The Labute approximate surface area is 126 Å². The van der Waals surface area contributed by atoms with Gasteiger partial charge in [-0.3, -0.25) is 9.89 Å². The van der Waals surface area contributed by atoms with Crippen LogP contribution in [0.1, 0.15) is 32.0 Å². The molecule has 0 aromatic carbocycles. The third kappa shape index (κ3) is 4.28. The number of likely N-dealkylation sites (N-methyl/N-ethyl adjacent to an activating group) is 1. The fraction of sp³-hybridized carbons (Fsp3) is 0.733. The molecule has 0 saturated carbocycles. The maximum absolute atomic E-state index is 12.1. The van der Waals surface area contributed by atoms with Crippen LogP contribution >= 0.6 is 0 Å². The molecule has 1 amide bonds. The lowest BCUT2D eigenvalue weighted by molar-refractivity contribution is -0.131. The fourth-order valence-electron chi connectivity index (χ4n) is 2.57. The topological polar surface area (TPSA) is 64.3 Å². The van der Waals surface area contributed by atoms with Crippen molar-refractivity contribution < 1.29 is 4.79 Å². The van der Waals surface area contributed by atoms with E-state index in [0.29, 0.717) is 13.1 Å². The molecule has 1 aromatic rings.